The number of ether oxygens (including phenoxy) is 2. The van der Waals surface area contributed by atoms with Gasteiger partial charge < -0.3 is 9.47 Å². The molecule has 0 N–H and O–H groups in total. The van der Waals surface area contributed by atoms with Gasteiger partial charge in [-0.25, -0.2) is 8.42 Å². The summed E-state index contributed by atoms with van der Waals surface area (Å²) in [6, 6.07) is 12.0. The molecule has 0 unspecified atom stereocenters. The van der Waals surface area contributed by atoms with E-state index in [1.54, 1.807) is 7.11 Å². The molecule has 1 aliphatic heterocycles. The zero-order valence-corrected chi connectivity index (χ0v) is 17.2. The van der Waals surface area contributed by atoms with E-state index in [4.69, 9.17) is 4.74 Å². The Morgan fingerprint density at radius 3 is 2.13 bits per heavy atom. The van der Waals surface area contributed by atoms with Gasteiger partial charge in [-0.2, -0.15) is 4.31 Å². The zero-order chi connectivity index (χ0) is 21.8. The average Bonchev–Trinajstić information content (AvgIpc) is 2.94. The summed E-state index contributed by atoms with van der Waals surface area (Å²) in [5.41, 5.74) is 1.10. The van der Waals surface area contributed by atoms with Crippen LogP contribution in [0.4, 0.5) is 13.2 Å². The third-order valence-corrected chi connectivity index (χ3v) is 6.72. The van der Waals surface area contributed by atoms with Crippen LogP contribution in [-0.4, -0.2) is 57.3 Å². The Morgan fingerprint density at radius 1 is 0.900 bits per heavy atom. The van der Waals surface area contributed by atoms with E-state index in [9.17, 15) is 21.6 Å². The Balaban J connectivity index is 1.63. The Kier molecular flexibility index (Phi) is 6.89. The number of sulfonamides is 1. The van der Waals surface area contributed by atoms with Gasteiger partial charge in [-0.3, -0.25) is 4.90 Å². The fourth-order valence-electron chi connectivity index (χ4n) is 3.30. The van der Waals surface area contributed by atoms with Crippen molar-refractivity contribution in [3.8, 4) is 11.5 Å². The molecule has 1 heterocycles. The minimum absolute atomic E-state index is 0.0550. The molecule has 6 nitrogen and oxygen atoms in total. The fourth-order valence-corrected chi connectivity index (χ4v) is 4.77. The summed E-state index contributed by atoms with van der Waals surface area (Å²) < 4.78 is 73.0. The lowest BCUT2D eigenvalue weighted by molar-refractivity contribution is -0.274. The predicted molar refractivity (Wildman–Crippen MR) is 105 cm³/mol. The highest BCUT2D eigenvalue weighted by Gasteiger charge is 2.32. The van der Waals surface area contributed by atoms with Crippen LogP contribution in [-0.2, 0) is 16.6 Å². The van der Waals surface area contributed by atoms with Crippen molar-refractivity contribution in [1.82, 2.24) is 9.21 Å². The molecular weight excluding hydrogens is 421 g/mol. The second-order valence-corrected chi connectivity index (χ2v) is 8.84. The first-order valence-electron chi connectivity index (χ1n) is 9.39. The number of methoxy groups -OCH3 is 1. The van der Waals surface area contributed by atoms with E-state index in [0.29, 0.717) is 32.6 Å². The number of hydrogen-bond donors (Lipinski definition) is 0. The number of hydrogen-bond acceptors (Lipinski definition) is 5. The maximum absolute atomic E-state index is 12.9. The van der Waals surface area contributed by atoms with Crippen LogP contribution in [0.1, 0.15) is 12.0 Å². The summed E-state index contributed by atoms with van der Waals surface area (Å²) in [4.78, 5) is 2.12. The molecule has 30 heavy (non-hydrogen) atoms. The van der Waals surface area contributed by atoms with Crippen molar-refractivity contribution < 1.29 is 31.1 Å². The van der Waals surface area contributed by atoms with Gasteiger partial charge in [-0.15, -0.1) is 13.2 Å². The van der Waals surface area contributed by atoms with Gasteiger partial charge >= 0.3 is 6.36 Å². The molecule has 0 atom stereocenters. The summed E-state index contributed by atoms with van der Waals surface area (Å²) >= 11 is 0. The Hall–Kier alpha value is -2.30. The lowest BCUT2D eigenvalue weighted by Gasteiger charge is -2.22. The molecular formula is C20H23F3N2O4S. The number of alkyl halides is 3. The molecule has 2 aromatic rings. The first-order valence-corrected chi connectivity index (χ1v) is 10.8. The second kappa shape index (κ2) is 9.23. The minimum atomic E-state index is -4.82. The average molecular weight is 444 g/mol. The van der Waals surface area contributed by atoms with E-state index in [-0.39, 0.29) is 4.90 Å². The van der Waals surface area contributed by atoms with Crippen molar-refractivity contribution in [1.29, 1.82) is 0 Å². The molecule has 10 heteroatoms. The highest BCUT2D eigenvalue weighted by Crippen LogP contribution is 2.25. The van der Waals surface area contributed by atoms with Crippen LogP contribution >= 0.6 is 0 Å². The standard InChI is InChI=1S/C20H23F3N2O4S/c1-28-17-5-3-16(4-6-17)15-24-11-2-12-25(14-13-24)30(26,27)19-9-7-18(8-10-19)29-20(21,22)23/h3-10H,2,11-15H2,1H3. The minimum Gasteiger partial charge on any atom is -0.497 e. The molecule has 2 aromatic carbocycles. The molecule has 0 spiro atoms. The Bertz CT molecular complexity index is 932. The van der Waals surface area contributed by atoms with E-state index in [1.165, 1.54) is 4.31 Å². The van der Waals surface area contributed by atoms with Gasteiger partial charge in [0.25, 0.3) is 0 Å². The topological polar surface area (TPSA) is 59.1 Å². The van der Waals surface area contributed by atoms with Gasteiger partial charge in [0.2, 0.25) is 10.0 Å². The molecule has 0 aliphatic carbocycles. The van der Waals surface area contributed by atoms with E-state index in [0.717, 1.165) is 42.1 Å². The summed E-state index contributed by atoms with van der Waals surface area (Å²) in [6.07, 6.45) is -4.16. The van der Waals surface area contributed by atoms with E-state index in [1.807, 2.05) is 24.3 Å². The van der Waals surface area contributed by atoms with Crippen LogP contribution in [0, 0.1) is 0 Å². The monoisotopic (exact) mass is 444 g/mol. The Morgan fingerprint density at radius 2 is 1.53 bits per heavy atom. The van der Waals surface area contributed by atoms with Gasteiger partial charge in [0.05, 0.1) is 12.0 Å². The summed E-state index contributed by atoms with van der Waals surface area (Å²) in [5.74, 6) is 0.321. The molecule has 1 fully saturated rings. The summed E-state index contributed by atoms with van der Waals surface area (Å²) in [6.45, 7) is 2.65. The summed E-state index contributed by atoms with van der Waals surface area (Å²) in [5, 5.41) is 0. The lowest BCUT2D eigenvalue weighted by Crippen LogP contribution is -2.35. The van der Waals surface area contributed by atoms with Crippen molar-refractivity contribution in [3.63, 3.8) is 0 Å². The number of rotatable bonds is 6. The Labute approximate surface area is 173 Å². The zero-order valence-electron chi connectivity index (χ0n) is 16.4. The quantitative estimate of drug-likeness (QED) is 0.683. The van der Waals surface area contributed by atoms with Crippen molar-refractivity contribution in [2.24, 2.45) is 0 Å². The highest BCUT2D eigenvalue weighted by molar-refractivity contribution is 7.89. The highest BCUT2D eigenvalue weighted by atomic mass is 32.2. The number of halogens is 3. The van der Waals surface area contributed by atoms with Crippen LogP contribution in [0.15, 0.2) is 53.4 Å². The van der Waals surface area contributed by atoms with Crippen LogP contribution in [0.2, 0.25) is 0 Å². The van der Waals surface area contributed by atoms with Gasteiger partial charge in [-0.1, -0.05) is 12.1 Å². The number of nitrogens with zero attached hydrogens (tertiary/aromatic N) is 2. The molecule has 1 aliphatic rings. The molecule has 3 rings (SSSR count). The molecule has 0 amide bonds. The maximum Gasteiger partial charge on any atom is 0.573 e. The predicted octanol–water partition coefficient (Wildman–Crippen LogP) is 3.49. The molecule has 164 valence electrons. The van der Waals surface area contributed by atoms with Crippen molar-refractivity contribution >= 4 is 10.0 Å². The number of benzene rings is 2. The fraction of sp³-hybridized carbons (Fsp3) is 0.400. The first kappa shape index (κ1) is 22.4. The van der Waals surface area contributed by atoms with Crippen molar-refractivity contribution in [2.75, 3.05) is 33.3 Å². The second-order valence-electron chi connectivity index (χ2n) is 6.90. The van der Waals surface area contributed by atoms with Gasteiger partial charge in [0.15, 0.2) is 0 Å². The van der Waals surface area contributed by atoms with Crippen LogP contribution < -0.4 is 9.47 Å². The normalized spacial score (nSPS) is 16.8. The third-order valence-electron chi connectivity index (χ3n) is 4.81. The largest absolute Gasteiger partial charge is 0.573 e. The molecule has 0 radical (unpaired) electrons. The van der Waals surface area contributed by atoms with E-state index >= 15 is 0 Å². The maximum atomic E-state index is 12.9. The van der Waals surface area contributed by atoms with Crippen LogP contribution in [0.3, 0.4) is 0 Å². The van der Waals surface area contributed by atoms with Crippen molar-refractivity contribution in [2.45, 2.75) is 24.2 Å². The van der Waals surface area contributed by atoms with Crippen LogP contribution in [0.25, 0.3) is 0 Å². The van der Waals surface area contributed by atoms with E-state index in [2.05, 4.69) is 9.64 Å². The van der Waals surface area contributed by atoms with Crippen LogP contribution in [0.5, 0.6) is 11.5 Å². The van der Waals surface area contributed by atoms with Gasteiger partial charge in [0, 0.05) is 26.2 Å². The van der Waals surface area contributed by atoms with E-state index < -0.39 is 22.1 Å². The van der Waals surface area contributed by atoms with Gasteiger partial charge in [0.1, 0.15) is 11.5 Å². The summed E-state index contributed by atoms with van der Waals surface area (Å²) in [7, 11) is -2.19. The molecule has 1 saturated heterocycles. The molecule has 0 saturated carbocycles. The third kappa shape index (κ3) is 5.87. The lowest BCUT2D eigenvalue weighted by atomic mass is 10.2. The first-order chi connectivity index (χ1) is 14.2. The van der Waals surface area contributed by atoms with Crippen molar-refractivity contribution in [3.05, 3.63) is 54.1 Å². The molecule has 0 aromatic heterocycles. The SMILES string of the molecule is COc1ccc(CN2CCCN(S(=O)(=O)c3ccc(OC(F)(F)F)cc3)CC2)cc1. The molecule has 0 bridgehead atoms. The van der Waals surface area contributed by atoms with Gasteiger partial charge in [-0.05, 0) is 54.9 Å². The smallest absolute Gasteiger partial charge is 0.497 e.